The van der Waals surface area contributed by atoms with Crippen molar-refractivity contribution in [2.75, 3.05) is 19.7 Å². The molecule has 9 heteroatoms. The van der Waals surface area contributed by atoms with Gasteiger partial charge >= 0.3 is 0 Å². The molecule has 1 aliphatic rings. The number of hydrogen-bond donors (Lipinski definition) is 2. The lowest BCUT2D eigenvalue weighted by Crippen LogP contribution is -2.34. The molecule has 4 heterocycles. The van der Waals surface area contributed by atoms with E-state index < -0.39 is 5.83 Å². The van der Waals surface area contributed by atoms with E-state index in [0.717, 1.165) is 49.3 Å². The van der Waals surface area contributed by atoms with E-state index in [1.165, 1.54) is 6.08 Å². The first-order chi connectivity index (χ1) is 18.4. The first-order valence-corrected chi connectivity index (χ1v) is 13.2. The number of nitrogens with one attached hydrogen (secondary N) is 1. The van der Waals surface area contributed by atoms with Crippen LogP contribution in [-0.2, 0) is 6.54 Å². The van der Waals surface area contributed by atoms with Crippen LogP contribution in [0.5, 0.6) is 5.75 Å². The number of rotatable bonds is 8. The molecule has 0 aliphatic carbocycles. The summed E-state index contributed by atoms with van der Waals surface area (Å²) in [5, 5.41) is 17.6. The highest BCUT2D eigenvalue weighted by molar-refractivity contribution is 6.31. The number of aromatic nitrogens is 4. The number of hydrogen-bond acceptors (Lipinski definition) is 6. The number of aryl methyl sites for hydroxylation is 1. The molecule has 38 heavy (non-hydrogen) atoms. The molecule has 5 rings (SSSR count). The first-order valence-electron chi connectivity index (χ1n) is 12.8. The van der Waals surface area contributed by atoms with Gasteiger partial charge < -0.3 is 9.84 Å². The van der Waals surface area contributed by atoms with Gasteiger partial charge in [0.2, 0.25) is 0 Å². The third-order valence-electron chi connectivity index (χ3n) is 7.11. The van der Waals surface area contributed by atoms with E-state index in [0.29, 0.717) is 33.2 Å². The molecule has 1 atom stereocenters. The number of pyridine rings is 2. The zero-order valence-electron chi connectivity index (χ0n) is 21.5. The maximum Gasteiger partial charge on any atom is 0.151 e. The Kier molecular flexibility index (Phi) is 8.02. The van der Waals surface area contributed by atoms with Crippen LogP contribution in [0.1, 0.15) is 53.9 Å². The maximum absolute atomic E-state index is 15.3. The van der Waals surface area contributed by atoms with Gasteiger partial charge in [0.1, 0.15) is 17.5 Å². The molecule has 198 valence electrons. The smallest absolute Gasteiger partial charge is 0.151 e. The number of ether oxygens (including phenoxy) is 1. The molecule has 0 bridgehead atoms. The van der Waals surface area contributed by atoms with Crippen molar-refractivity contribution < 1.29 is 14.2 Å². The number of likely N-dealkylation sites (tertiary alicyclic amines) is 1. The summed E-state index contributed by atoms with van der Waals surface area (Å²) in [6.07, 6.45) is 8.16. The number of nitrogens with zero attached hydrogens (tertiary/aromatic N) is 4. The summed E-state index contributed by atoms with van der Waals surface area (Å²) < 4.78 is 21.5. The number of fused-ring (bicyclic) bond motifs is 1. The lowest BCUT2D eigenvalue weighted by Gasteiger charge is -2.30. The molecule has 0 amide bonds. The fourth-order valence-electron chi connectivity index (χ4n) is 4.95. The Morgan fingerprint density at radius 3 is 2.76 bits per heavy atom. The number of aromatic amines is 1. The van der Waals surface area contributed by atoms with Crippen molar-refractivity contribution in [3.05, 3.63) is 82.0 Å². The monoisotopic (exact) mass is 535 g/mol. The van der Waals surface area contributed by atoms with E-state index in [4.69, 9.17) is 16.3 Å². The molecular formula is C29H31ClFN5O2. The average molecular weight is 536 g/mol. The Hall–Kier alpha value is -3.33. The number of halogens is 2. The summed E-state index contributed by atoms with van der Waals surface area (Å²) in [7, 11) is 0. The number of H-pyrrole nitrogens is 1. The van der Waals surface area contributed by atoms with Gasteiger partial charge in [-0.05, 0) is 87.2 Å². The fourth-order valence-corrected chi connectivity index (χ4v) is 5.31. The van der Waals surface area contributed by atoms with Crippen LogP contribution >= 0.6 is 11.6 Å². The summed E-state index contributed by atoms with van der Waals surface area (Å²) in [5.74, 6) is 0.528. The minimum Gasteiger partial charge on any atom is -0.486 e. The lowest BCUT2D eigenvalue weighted by atomic mass is 9.98. The highest BCUT2D eigenvalue weighted by Gasteiger charge is 2.19. The number of aliphatic hydroxyl groups excluding tert-OH is 1. The Morgan fingerprint density at radius 1 is 1.24 bits per heavy atom. The van der Waals surface area contributed by atoms with Crippen molar-refractivity contribution in [3.63, 3.8) is 0 Å². The van der Waals surface area contributed by atoms with Crippen molar-refractivity contribution in [1.29, 1.82) is 0 Å². The topological polar surface area (TPSA) is 87.2 Å². The van der Waals surface area contributed by atoms with Gasteiger partial charge in [-0.1, -0.05) is 17.7 Å². The van der Waals surface area contributed by atoms with E-state index in [-0.39, 0.29) is 18.4 Å². The zero-order chi connectivity index (χ0) is 26.6. The maximum atomic E-state index is 15.3. The van der Waals surface area contributed by atoms with Gasteiger partial charge in [-0.25, -0.2) is 4.39 Å². The Bertz CT molecular complexity index is 1410. The zero-order valence-corrected chi connectivity index (χ0v) is 22.2. The number of piperidine rings is 1. The summed E-state index contributed by atoms with van der Waals surface area (Å²) in [6.45, 7) is 6.78. The van der Waals surface area contributed by atoms with Gasteiger partial charge in [0.25, 0.3) is 0 Å². The van der Waals surface area contributed by atoms with Crippen LogP contribution in [0.25, 0.3) is 22.8 Å². The van der Waals surface area contributed by atoms with E-state index in [2.05, 4.69) is 25.1 Å². The third-order valence-corrected chi connectivity index (χ3v) is 7.41. The van der Waals surface area contributed by atoms with Crippen LogP contribution in [0.2, 0.25) is 5.02 Å². The van der Waals surface area contributed by atoms with Crippen molar-refractivity contribution in [2.45, 2.75) is 39.3 Å². The molecular weight excluding hydrogens is 505 g/mol. The second-order valence-corrected chi connectivity index (χ2v) is 10.3. The van der Waals surface area contributed by atoms with Crippen molar-refractivity contribution in [3.8, 4) is 5.75 Å². The average Bonchev–Trinajstić information content (AvgIpc) is 3.34. The van der Waals surface area contributed by atoms with E-state index in [1.807, 2.05) is 38.1 Å². The van der Waals surface area contributed by atoms with Gasteiger partial charge in [-0.2, -0.15) is 5.10 Å². The van der Waals surface area contributed by atoms with Gasteiger partial charge in [-0.3, -0.25) is 20.0 Å². The van der Waals surface area contributed by atoms with Crippen LogP contribution in [0.4, 0.5) is 4.39 Å². The van der Waals surface area contributed by atoms with Crippen LogP contribution in [0.15, 0.2) is 48.9 Å². The standard InChI is InChI=1S/C29H31ClFN5O2/c1-18-13-32-15-25(30)28(18)19(2)38-23-5-6-27-24(12-23)29(35-34-27)26(31)11-21-3-4-22(33-14-21)16-36-9-7-20(17-37)8-10-36/h3-6,11-15,19-20,37H,7-10,16-17H2,1-2H3,(H,34,35)/b26-11-/t19-/m0/s1. The van der Waals surface area contributed by atoms with E-state index >= 15 is 4.39 Å². The molecule has 0 spiro atoms. The van der Waals surface area contributed by atoms with Crippen LogP contribution in [0, 0.1) is 12.8 Å². The van der Waals surface area contributed by atoms with Gasteiger partial charge in [0.05, 0.1) is 16.2 Å². The Balaban J connectivity index is 1.30. The first kappa shape index (κ1) is 26.3. The summed E-state index contributed by atoms with van der Waals surface area (Å²) >= 11 is 6.35. The molecule has 7 nitrogen and oxygen atoms in total. The quantitative estimate of drug-likeness (QED) is 0.282. The summed E-state index contributed by atoms with van der Waals surface area (Å²) in [4.78, 5) is 11.0. The predicted molar refractivity (Wildman–Crippen MR) is 147 cm³/mol. The van der Waals surface area contributed by atoms with Crippen LogP contribution in [0.3, 0.4) is 0 Å². The number of benzene rings is 1. The summed E-state index contributed by atoms with van der Waals surface area (Å²) in [5.41, 5.74) is 4.33. The molecule has 1 aromatic carbocycles. The van der Waals surface area contributed by atoms with Crippen LogP contribution < -0.4 is 4.74 Å². The highest BCUT2D eigenvalue weighted by Crippen LogP contribution is 2.33. The molecule has 3 aromatic heterocycles. The lowest BCUT2D eigenvalue weighted by molar-refractivity contribution is 0.126. The molecule has 1 fully saturated rings. The molecule has 2 N–H and O–H groups in total. The normalized spacial score (nSPS) is 16.2. The summed E-state index contributed by atoms with van der Waals surface area (Å²) in [6, 6.07) is 9.22. The van der Waals surface area contributed by atoms with Crippen molar-refractivity contribution in [2.24, 2.45) is 5.92 Å². The van der Waals surface area contributed by atoms with Crippen molar-refractivity contribution in [1.82, 2.24) is 25.1 Å². The highest BCUT2D eigenvalue weighted by atomic mass is 35.5. The van der Waals surface area contributed by atoms with Crippen molar-refractivity contribution >= 4 is 34.4 Å². The molecule has 1 aliphatic heterocycles. The third kappa shape index (κ3) is 5.88. The number of aliphatic hydroxyl groups is 1. The van der Waals surface area contributed by atoms with Crippen LogP contribution in [-0.4, -0.2) is 49.9 Å². The second kappa shape index (κ2) is 11.6. The largest absolute Gasteiger partial charge is 0.486 e. The second-order valence-electron chi connectivity index (χ2n) is 9.87. The predicted octanol–water partition coefficient (Wildman–Crippen LogP) is 6.13. The van der Waals surface area contributed by atoms with E-state index in [1.54, 1.807) is 24.7 Å². The van der Waals surface area contributed by atoms with E-state index in [9.17, 15) is 5.11 Å². The minimum atomic E-state index is -0.463. The fraction of sp³-hybridized carbons (Fsp3) is 0.345. The molecule has 0 radical (unpaired) electrons. The molecule has 4 aromatic rings. The Morgan fingerprint density at radius 2 is 2.05 bits per heavy atom. The minimum absolute atomic E-state index is 0.215. The molecule has 1 saturated heterocycles. The van der Waals surface area contributed by atoms with Gasteiger partial charge in [0.15, 0.2) is 5.83 Å². The molecule has 0 unspecified atom stereocenters. The molecule has 0 saturated carbocycles. The van der Waals surface area contributed by atoms with Gasteiger partial charge in [0, 0.05) is 42.7 Å². The van der Waals surface area contributed by atoms with Gasteiger partial charge in [-0.15, -0.1) is 0 Å². The Labute approximate surface area is 226 Å². The SMILES string of the molecule is Cc1cncc(Cl)c1[C@H](C)Oc1ccc2[nH]nc(/C(F)=C/c3ccc(CN4CCC(CO)CC4)nc3)c2c1.